The van der Waals surface area contributed by atoms with Crippen molar-refractivity contribution in [3.05, 3.63) is 35.6 Å². The van der Waals surface area contributed by atoms with Crippen molar-refractivity contribution in [2.75, 3.05) is 13.1 Å². The number of likely N-dealkylation sites (N-methyl/N-ethyl adjacent to an activating group) is 1. The van der Waals surface area contributed by atoms with Crippen LogP contribution in [-0.2, 0) is 5.54 Å². The third-order valence-electron chi connectivity index (χ3n) is 4.64. The molecule has 0 fully saturated rings. The average Bonchev–Trinajstić information content (AvgIpc) is 2.51. The van der Waals surface area contributed by atoms with Crippen LogP contribution in [0.15, 0.2) is 24.3 Å². The van der Waals surface area contributed by atoms with E-state index in [-0.39, 0.29) is 11.9 Å². The van der Waals surface area contributed by atoms with Gasteiger partial charge in [0, 0.05) is 11.6 Å². The maximum atomic E-state index is 14.3. The maximum absolute atomic E-state index is 14.3. The predicted octanol–water partition coefficient (Wildman–Crippen LogP) is 4.29. The van der Waals surface area contributed by atoms with E-state index in [4.69, 9.17) is 5.73 Å². The molecule has 2 N–H and O–H groups in total. The minimum absolute atomic E-state index is 0.175. The highest BCUT2D eigenvalue weighted by Gasteiger charge is 2.39. The monoisotopic (exact) mass is 294 g/mol. The Kier molecular flexibility index (Phi) is 7.33. The summed E-state index contributed by atoms with van der Waals surface area (Å²) >= 11 is 0. The van der Waals surface area contributed by atoms with E-state index in [1.54, 1.807) is 6.07 Å². The molecule has 0 amide bonds. The van der Waals surface area contributed by atoms with Crippen molar-refractivity contribution in [3.63, 3.8) is 0 Å². The van der Waals surface area contributed by atoms with Crippen LogP contribution >= 0.6 is 0 Å². The zero-order chi connectivity index (χ0) is 15.9. The minimum atomic E-state index is -0.632. The molecule has 0 aliphatic carbocycles. The molecule has 2 atom stereocenters. The Hall–Kier alpha value is -0.930. The summed E-state index contributed by atoms with van der Waals surface area (Å²) in [5.74, 6) is -0.185. The van der Waals surface area contributed by atoms with E-state index in [1.807, 2.05) is 12.1 Å². The zero-order valence-corrected chi connectivity index (χ0v) is 14.0. The zero-order valence-electron chi connectivity index (χ0n) is 14.0. The van der Waals surface area contributed by atoms with E-state index in [9.17, 15) is 4.39 Å². The van der Waals surface area contributed by atoms with Crippen LogP contribution < -0.4 is 5.73 Å². The first kappa shape index (κ1) is 18.1. The van der Waals surface area contributed by atoms with Crippen LogP contribution in [0.2, 0.25) is 0 Å². The van der Waals surface area contributed by atoms with Gasteiger partial charge in [0.15, 0.2) is 0 Å². The summed E-state index contributed by atoms with van der Waals surface area (Å²) in [5.41, 5.74) is 6.80. The molecule has 3 heteroatoms. The largest absolute Gasteiger partial charge is 0.320 e. The van der Waals surface area contributed by atoms with Crippen molar-refractivity contribution in [2.24, 2.45) is 5.73 Å². The van der Waals surface area contributed by atoms with E-state index in [1.165, 1.54) is 6.07 Å². The Labute approximate surface area is 129 Å². The van der Waals surface area contributed by atoms with Crippen molar-refractivity contribution in [2.45, 2.75) is 65.0 Å². The van der Waals surface area contributed by atoms with Crippen molar-refractivity contribution >= 4 is 0 Å². The van der Waals surface area contributed by atoms with Gasteiger partial charge in [-0.2, -0.15) is 0 Å². The Balaban J connectivity index is 3.23. The summed E-state index contributed by atoms with van der Waals surface area (Å²) < 4.78 is 14.3. The second kappa shape index (κ2) is 8.50. The van der Waals surface area contributed by atoms with Crippen molar-refractivity contribution in [3.8, 4) is 0 Å². The molecule has 1 aromatic rings. The van der Waals surface area contributed by atoms with Crippen LogP contribution in [0.1, 0.15) is 58.9 Å². The van der Waals surface area contributed by atoms with Gasteiger partial charge in [-0.1, -0.05) is 58.7 Å². The lowest BCUT2D eigenvalue weighted by Gasteiger charge is -2.44. The lowest BCUT2D eigenvalue weighted by atomic mass is 9.78. The van der Waals surface area contributed by atoms with E-state index in [2.05, 4.69) is 32.6 Å². The second-order valence-electron chi connectivity index (χ2n) is 5.75. The summed E-state index contributed by atoms with van der Waals surface area (Å²) in [4.78, 5) is 2.38. The molecule has 21 heavy (non-hydrogen) atoms. The number of unbranched alkanes of at least 4 members (excludes halogenated alkanes) is 1. The Morgan fingerprint density at radius 3 is 2.24 bits per heavy atom. The van der Waals surface area contributed by atoms with Crippen LogP contribution in [0.5, 0.6) is 0 Å². The Morgan fingerprint density at radius 1 is 1.14 bits per heavy atom. The third kappa shape index (κ3) is 4.04. The van der Waals surface area contributed by atoms with Crippen molar-refractivity contribution in [1.82, 2.24) is 4.90 Å². The number of nitrogens with two attached hydrogens (primary N) is 1. The second-order valence-corrected chi connectivity index (χ2v) is 5.75. The quantitative estimate of drug-likeness (QED) is 0.736. The van der Waals surface area contributed by atoms with Crippen LogP contribution in [0.25, 0.3) is 0 Å². The van der Waals surface area contributed by atoms with Crippen LogP contribution in [0.4, 0.5) is 4.39 Å². The summed E-state index contributed by atoms with van der Waals surface area (Å²) in [5, 5.41) is 0. The molecule has 0 heterocycles. The summed E-state index contributed by atoms with van der Waals surface area (Å²) in [6, 6.07) is 7.16. The number of benzene rings is 1. The van der Waals surface area contributed by atoms with Gasteiger partial charge in [-0.15, -0.1) is 0 Å². The van der Waals surface area contributed by atoms with Crippen LogP contribution in [0, 0.1) is 5.82 Å². The van der Waals surface area contributed by atoms with E-state index in [0.29, 0.717) is 5.56 Å². The molecule has 0 aliphatic rings. The maximum Gasteiger partial charge on any atom is 0.128 e. The molecule has 0 aliphatic heterocycles. The number of rotatable bonds is 9. The summed E-state index contributed by atoms with van der Waals surface area (Å²) in [6.45, 7) is 10.4. The SMILES string of the molecule is CCCCC(N(CC)CC)C(N)(CC)c1ccccc1F. The lowest BCUT2D eigenvalue weighted by molar-refractivity contribution is 0.112. The van der Waals surface area contributed by atoms with Gasteiger partial charge in [0.1, 0.15) is 5.82 Å². The van der Waals surface area contributed by atoms with Crippen LogP contribution in [-0.4, -0.2) is 24.0 Å². The van der Waals surface area contributed by atoms with E-state index >= 15 is 0 Å². The van der Waals surface area contributed by atoms with Crippen LogP contribution in [0.3, 0.4) is 0 Å². The molecule has 1 rings (SSSR count). The Bertz CT molecular complexity index is 417. The number of nitrogens with zero attached hydrogens (tertiary/aromatic N) is 1. The molecular weight excluding hydrogens is 263 g/mol. The predicted molar refractivity (Wildman–Crippen MR) is 88.8 cm³/mol. The van der Waals surface area contributed by atoms with Gasteiger partial charge < -0.3 is 5.73 Å². The summed E-state index contributed by atoms with van der Waals surface area (Å²) in [6.07, 6.45) is 4.00. The fourth-order valence-electron chi connectivity index (χ4n) is 3.27. The fraction of sp³-hybridized carbons (Fsp3) is 0.667. The fourth-order valence-corrected chi connectivity index (χ4v) is 3.27. The molecule has 2 unspecified atom stereocenters. The van der Waals surface area contributed by atoms with Gasteiger partial charge in [0.2, 0.25) is 0 Å². The summed E-state index contributed by atoms with van der Waals surface area (Å²) in [7, 11) is 0. The van der Waals surface area contributed by atoms with Gasteiger partial charge >= 0.3 is 0 Å². The normalized spacial score (nSPS) is 16.0. The number of hydrogen-bond donors (Lipinski definition) is 1. The first-order valence-electron chi connectivity index (χ1n) is 8.32. The van der Waals surface area contributed by atoms with Gasteiger partial charge in [-0.3, -0.25) is 4.90 Å². The van der Waals surface area contributed by atoms with Gasteiger partial charge in [0.05, 0.1) is 5.54 Å². The lowest BCUT2D eigenvalue weighted by Crippen LogP contribution is -2.56. The topological polar surface area (TPSA) is 29.3 Å². The van der Waals surface area contributed by atoms with Crippen molar-refractivity contribution < 1.29 is 4.39 Å². The Morgan fingerprint density at radius 2 is 1.76 bits per heavy atom. The molecule has 2 nitrogen and oxygen atoms in total. The van der Waals surface area contributed by atoms with Crippen molar-refractivity contribution in [1.29, 1.82) is 0 Å². The molecule has 120 valence electrons. The van der Waals surface area contributed by atoms with Gasteiger partial charge in [0.25, 0.3) is 0 Å². The highest BCUT2D eigenvalue weighted by Crippen LogP contribution is 2.33. The molecule has 1 aromatic carbocycles. The highest BCUT2D eigenvalue weighted by atomic mass is 19.1. The van der Waals surface area contributed by atoms with E-state index in [0.717, 1.165) is 38.8 Å². The third-order valence-corrected chi connectivity index (χ3v) is 4.64. The number of hydrogen-bond acceptors (Lipinski definition) is 2. The molecule has 0 bridgehead atoms. The standard InChI is InChI=1S/C18H31FN2/c1-5-9-14-17(21(7-3)8-4)18(20,6-2)15-12-10-11-13-16(15)19/h10-13,17H,5-9,14,20H2,1-4H3. The molecule has 0 radical (unpaired) electrons. The molecular formula is C18H31FN2. The molecule has 0 saturated heterocycles. The van der Waals surface area contributed by atoms with Gasteiger partial charge in [-0.05, 0) is 32.0 Å². The molecule has 0 spiro atoms. The van der Waals surface area contributed by atoms with Gasteiger partial charge in [-0.25, -0.2) is 4.39 Å². The number of halogens is 1. The minimum Gasteiger partial charge on any atom is -0.320 e. The highest BCUT2D eigenvalue weighted by molar-refractivity contribution is 5.28. The molecule has 0 saturated carbocycles. The smallest absolute Gasteiger partial charge is 0.128 e. The molecule has 0 aromatic heterocycles. The van der Waals surface area contributed by atoms with E-state index < -0.39 is 5.54 Å². The first-order valence-corrected chi connectivity index (χ1v) is 8.32. The average molecular weight is 294 g/mol. The first-order chi connectivity index (χ1) is 10.0.